The Bertz CT molecular complexity index is 1820. The molecular formula is C43H61N2NaO12. The first-order chi connectivity index (χ1) is 26.9. The molecule has 2 aliphatic rings. The zero-order chi connectivity index (χ0) is 42.7. The molecule has 2 fully saturated rings. The van der Waals surface area contributed by atoms with Gasteiger partial charge in [-0.15, -0.1) is 0 Å². The summed E-state index contributed by atoms with van der Waals surface area (Å²) in [6, 6.07) is 1.22. The number of aromatic amines is 1. The van der Waals surface area contributed by atoms with E-state index in [0.29, 0.717) is 0 Å². The van der Waals surface area contributed by atoms with Crippen LogP contribution < -0.4 is 40.4 Å². The minimum absolute atomic E-state index is 0. The van der Waals surface area contributed by atoms with E-state index in [2.05, 4.69) is 10.3 Å². The summed E-state index contributed by atoms with van der Waals surface area (Å²) in [5, 5.41) is 67.8. The first-order valence-corrected chi connectivity index (χ1v) is 19.1. The Labute approximate surface area is 364 Å². The summed E-state index contributed by atoms with van der Waals surface area (Å²) in [6.07, 6.45) is 12.8. The molecule has 1 aromatic heterocycles. The molecule has 8 N–H and O–H groups in total. The fourth-order valence-corrected chi connectivity index (χ4v) is 7.12. The number of aliphatic hydroxyl groups excluding tert-OH is 4. The molecule has 1 aromatic rings. The topological polar surface area (TPSA) is 228 Å². The standard InChI is InChI=1S/C43H60N2O12.Na.H/c1-9-11-13-21-31-42(6,7)38(50)39(51)43(54,57-31)28(10-2)40(52)44-23-17-16-19-26(4)36(55-8)27(5)37-35(49)34(48)30(56-37)20-15-12-14-18-25(3)33(47)32-29(46)22-24-45-41(32)53;;/h9,11-22,24,27-28,30-31,34-39,48-51,54H,10,23H2,1-8H3,(H,44,52)(H2,45,46,53);;/q;+1;-1/b11-9-,14-12+,17-16+,20-15+,21-13+,25-18+,26-19+;;/t27-,28-,30-,31+,34+,35+,36-,37+,38+,39-,43-;;/m1../s1. The molecule has 14 nitrogen and oxygen atoms in total. The number of Topliss-reactive ketones (excluding diaryl/α,β-unsaturated/α-hetero) is 1. The molecule has 1 amide bonds. The number of hydrogen-bond donors (Lipinski definition) is 8. The fourth-order valence-electron chi connectivity index (χ4n) is 7.12. The third-order valence-corrected chi connectivity index (χ3v) is 10.7. The van der Waals surface area contributed by atoms with Gasteiger partial charge >= 0.3 is 29.6 Å². The molecular weight excluding hydrogens is 759 g/mol. The molecule has 316 valence electrons. The number of nitrogens with one attached hydrogen (secondary N) is 2. The van der Waals surface area contributed by atoms with Gasteiger partial charge in [-0.2, -0.15) is 0 Å². The van der Waals surface area contributed by atoms with Gasteiger partial charge in [0.1, 0.15) is 35.7 Å². The van der Waals surface area contributed by atoms with Crippen LogP contribution in [-0.4, -0.2) is 116 Å². The summed E-state index contributed by atoms with van der Waals surface area (Å²) in [5.74, 6) is -5.55. The van der Waals surface area contributed by atoms with Crippen LogP contribution in [0.5, 0.6) is 5.75 Å². The van der Waals surface area contributed by atoms with E-state index in [0.717, 1.165) is 5.57 Å². The SMILES string of the molecule is C/C=C\C=C\[C@@H]1O[C@](O)([C@H](CC)C(=O)NC/C=C/C=C(\C)[C@@H](OC)[C@@H](C)[C@@H]2O[C@H](/C=C/C=C/C=C(\C)C(=O)c3c(O)cc[nH]c3=O)[C@H](O)[C@@H]2O)[C@H](O)[C@H](O)C1(C)C.[H-].[Na+]. The van der Waals surface area contributed by atoms with Crippen molar-refractivity contribution in [3.05, 3.63) is 112 Å². The van der Waals surface area contributed by atoms with Crippen molar-refractivity contribution < 1.29 is 85.4 Å². The van der Waals surface area contributed by atoms with Crippen LogP contribution in [0.1, 0.15) is 66.7 Å². The van der Waals surface area contributed by atoms with Crippen molar-refractivity contribution in [2.24, 2.45) is 17.3 Å². The van der Waals surface area contributed by atoms with Crippen LogP contribution >= 0.6 is 0 Å². The third-order valence-electron chi connectivity index (χ3n) is 10.7. The zero-order valence-electron chi connectivity index (χ0n) is 35.9. The van der Waals surface area contributed by atoms with Gasteiger partial charge in [0.05, 0.1) is 30.3 Å². The number of carbonyl (C=O) groups excluding carboxylic acids is 2. The molecule has 3 rings (SSSR count). The summed E-state index contributed by atoms with van der Waals surface area (Å²) < 4.78 is 17.8. The van der Waals surface area contributed by atoms with Gasteiger partial charge in [0.2, 0.25) is 11.7 Å². The summed E-state index contributed by atoms with van der Waals surface area (Å²) >= 11 is 0. The number of amides is 1. The number of aromatic nitrogens is 1. The predicted octanol–water partition coefficient (Wildman–Crippen LogP) is 0.191. The second kappa shape index (κ2) is 22.9. The first-order valence-electron chi connectivity index (χ1n) is 19.1. The van der Waals surface area contributed by atoms with Crippen LogP contribution in [0.4, 0.5) is 0 Å². The molecule has 0 unspecified atom stereocenters. The number of carbonyl (C=O) groups is 2. The number of pyridine rings is 1. The van der Waals surface area contributed by atoms with Gasteiger partial charge in [0, 0.05) is 31.2 Å². The number of allylic oxidation sites excluding steroid dienone is 10. The van der Waals surface area contributed by atoms with Crippen molar-refractivity contribution >= 4 is 11.7 Å². The Hall–Kier alpha value is -3.25. The van der Waals surface area contributed by atoms with E-state index < -0.39 is 94.9 Å². The Kier molecular flexibility index (Phi) is 20.1. The molecule has 2 saturated heterocycles. The second-order valence-corrected chi connectivity index (χ2v) is 15.0. The Balaban J connectivity index is 0.00000870. The minimum Gasteiger partial charge on any atom is -1.00 e. The molecule has 0 saturated carbocycles. The molecule has 0 spiro atoms. The van der Waals surface area contributed by atoms with Crippen LogP contribution in [0, 0.1) is 17.3 Å². The normalized spacial score (nSPS) is 29.7. The van der Waals surface area contributed by atoms with Crippen molar-refractivity contribution in [1.82, 2.24) is 10.3 Å². The van der Waals surface area contributed by atoms with Crippen molar-refractivity contribution in [2.45, 2.75) is 110 Å². The van der Waals surface area contributed by atoms with E-state index in [1.54, 1.807) is 81.5 Å². The van der Waals surface area contributed by atoms with E-state index in [9.17, 15) is 45.0 Å². The van der Waals surface area contributed by atoms with E-state index in [1.165, 1.54) is 32.4 Å². The van der Waals surface area contributed by atoms with Crippen LogP contribution in [0.3, 0.4) is 0 Å². The third kappa shape index (κ3) is 11.9. The molecule has 2 aliphatic heterocycles. The van der Waals surface area contributed by atoms with Gasteiger partial charge in [0.25, 0.3) is 5.56 Å². The molecule has 0 aromatic carbocycles. The maximum Gasteiger partial charge on any atom is 1.00 e. The van der Waals surface area contributed by atoms with E-state index in [4.69, 9.17) is 14.2 Å². The van der Waals surface area contributed by atoms with Crippen molar-refractivity contribution in [3.63, 3.8) is 0 Å². The van der Waals surface area contributed by atoms with Gasteiger partial charge in [0.15, 0.2) is 5.78 Å². The van der Waals surface area contributed by atoms with Gasteiger partial charge in [-0.3, -0.25) is 14.4 Å². The maximum absolute atomic E-state index is 13.3. The summed E-state index contributed by atoms with van der Waals surface area (Å²) in [5.41, 5.74) is -1.02. The Morgan fingerprint density at radius 1 is 1.02 bits per heavy atom. The molecule has 15 heteroatoms. The monoisotopic (exact) mass is 820 g/mol. The Morgan fingerprint density at radius 3 is 2.31 bits per heavy atom. The van der Waals surface area contributed by atoms with E-state index >= 15 is 0 Å². The Morgan fingerprint density at radius 2 is 1.69 bits per heavy atom. The molecule has 11 atom stereocenters. The van der Waals surface area contributed by atoms with E-state index in [1.807, 2.05) is 26.8 Å². The van der Waals surface area contributed by atoms with Crippen molar-refractivity contribution in [3.8, 4) is 5.75 Å². The average molecular weight is 821 g/mol. The zero-order valence-corrected chi connectivity index (χ0v) is 36.9. The molecule has 0 bridgehead atoms. The number of rotatable bonds is 17. The number of methoxy groups -OCH3 is 1. The van der Waals surface area contributed by atoms with Crippen LogP contribution in [0.25, 0.3) is 0 Å². The first kappa shape index (κ1) is 50.9. The van der Waals surface area contributed by atoms with Crippen molar-refractivity contribution in [1.29, 1.82) is 0 Å². The van der Waals surface area contributed by atoms with Gasteiger partial charge in [-0.1, -0.05) is 101 Å². The van der Waals surface area contributed by atoms with Crippen LogP contribution in [0.15, 0.2) is 101 Å². The quantitative estimate of drug-likeness (QED) is 0.0457. The number of ether oxygens (including phenoxy) is 3. The van der Waals surface area contributed by atoms with Gasteiger partial charge < -0.3 is 56.6 Å². The predicted molar refractivity (Wildman–Crippen MR) is 216 cm³/mol. The number of H-pyrrole nitrogens is 1. The largest absolute Gasteiger partial charge is 1.00 e. The number of aromatic hydroxyl groups is 1. The molecule has 0 aliphatic carbocycles. The van der Waals surface area contributed by atoms with Crippen LogP contribution in [0.2, 0.25) is 0 Å². The second-order valence-electron chi connectivity index (χ2n) is 15.0. The van der Waals surface area contributed by atoms with Gasteiger partial charge in [-0.05, 0) is 44.4 Å². The van der Waals surface area contributed by atoms with E-state index in [-0.39, 0.29) is 55.1 Å². The average Bonchev–Trinajstić information content (AvgIpc) is 3.45. The molecule has 3 heterocycles. The number of aliphatic hydroxyl groups is 5. The fraction of sp³-hybridized carbons (Fsp3) is 0.512. The summed E-state index contributed by atoms with van der Waals surface area (Å²) in [4.78, 5) is 40.2. The summed E-state index contributed by atoms with van der Waals surface area (Å²) in [7, 11) is 1.52. The number of ketones is 1. The number of hydrogen-bond acceptors (Lipinski definition) is 12. The van der Waals surface area contributed by atoms with Crippen LogP contribution in [-0.2, 0) is 19.0 Å². The maximum atomic E-state index is 13.3. The minimum atomic E-state index is -2.34. The smallest absolute Gasteiger partial charge is 1.00 e. The van der Waals surface area contributed by atoms with Crippen molar-refractivity contribution in [2.75, 3.05) is 13.7 Å². The summed E-state index contributed by atoms with van der Waals surface area (Å²) in [6.45, 7) is 12.2. The molecule has 0 radical (unpaired) electrons. The molecule has 58 heavy (non-hydrogen) atoms. The van der Waals surface area contributed by atoms with Gasteiger partial charge in [-0.25, -0.2) is 0 Å².